The molecule has 3 aromatic rings. The van der Waals surface area contributed by atoms with Gasteiger partial charge in [0.05, 0.1) is 25.1 Å². The van der Waals surface area contributed by atoms with E-state index in [1.165, 1.54) is 11.1 Å². The first-order valence-corrected chi connectivity index (χ1v) is 9.38. The third-order valence-electron chi connectivity index (χ3n) is 4.87. The number of pyridine rings is 1. The lowest BCUT2D eigenvalue weighted by Crippen LogP contribution is -2.37. The number of morpholine rings is 1. The number of ether oxygens (including phenoxy) is 1. The molecule has 0 radical (unpaired) electrons. The predicted molar refractivity (Wildman–Crippen MR) is 107 cm³/mol. The Morgan fingerprint density at radius 1 is 1.07 bits per heavy atom. The zero-order chi connectivity index (χ0) is 18.5. The highest BCUT2D eigenvalue weighted by Crippen LogP contribution is 2.22. The average Bonchev–Trinajstić information content (AvgIpc) is 3.18. The number of aromatic nitrogens is 3. The van der Waals surface area contributed by atoms with Crippen LogP contribution in [0, 0.1) is 6.92 Å². The van der Waals surface area contributed by atoms with Crippen molar-refractivity contribution in [2.75, 3.05) is 31.2 Å². The summed E-state index contributed by atoms with van der Waals surface area (Å²) in [7, 11) is 0. The topological polar surface area (TPSA) is 66.1 Å². The minimum absolute atomic E-state index is 0.747. The number of aromatic amines is 1. The minimum Gasteiger partial charge on any atom is -0.378 e. The number of benzene rings is 1. The Kier molecular flexibility index (Phi) is 5.46. The number of hydrogen-bond donors (Lipinski definition) is 2. The number of anilines is 1. The molecule has 0 saturated carbocycles. The first kappa shape index (κ1) is 17.7. The third kappa shape index (κ3) is 4.18. The van der Waals surface area contributed by atoms with Gasteiger partial charge in [0.2, 0.25) is 0 Å². The Labute approximate surface area is 159 Å². The van der Waals surface area contributed by atoms with E-state index in [1.807, 2.05) is 18.5 Å². The minimum atomic E-state index is 0.747. The van der Waals surface area contributed by atoms with E-state index in [-0.39, 0.29) is 0 Å². The lowest BCUT2D eigenvalue weighted by atomic mass is 10.1. The smallest absolute Gasteiger partial charge is 0.133 e. The van der Waals surface area contributed by atoms with Crippen LogP contribution in [0.2, 0.25) is 0 Å². The molecule has 140 valence electrons. The first-order chi connectivity index (χ1) is 13.3. The number of nitrogens with zero attached hydrogens (tertiary/aromatic N) is 3. The van der Waals surface area contributed by atoms with Crippen molar-refractivity contribution in [1.82, 2.24) is 20.5 Å². The summed E-state index contributed by atoms with van der Waals surface area (Å²) in [6.07, 6.45) is 3.76. The summed E-state index contributed by atoms with van der Waals surface area (Å²) in [6, 6.07) is 12.6. The molecule has 6 nitrogen and oxygen atoms in total. The van der Waals surface area contributed by atoms with Crippen molar-refractivity contribution in [3.63, 3.8) is 0 Å². The lowest BCUT2D eigenvalue weighted by Gasteiger charge is -2.29. The highest BCUT2D eigenvalue weighted by Gasteiger charge is 2.15. The number of nitrogens with one attached hydrogen (secondary N) is 2. The van der Waals surface area contributed by atoms with Crippen LogP contribution in [0.1, 0.15) is 16.7 Å². The second-order valence-corrected chi connectivity index (χ2v) is 6.83. The summed E-state index contributed by atoms with van der Waals surface area (Å²) in [5.74, 6) is 1.05. The molecule has 4 rings (SSSR count). The maximum Gasteiger partial charge on any atom is 0.133 e. The maximum absolute atomic E-state index is 5.46. The van der Waals surface area contributed by atoms with Crippen molar-refractivity contribution >= 4 is 5.82 Å². The zero-order valence-corrected chi connectivity index (χ0v) is 15.6. The second-order valence-electron chi connectivity index (χ2n) is 6.83. The Morgan fingerprint density at radius 2 is 1.85 bits per heavy atom. The highest BCUT2D eigenvalue weighted by atomic mass is 16.5. The van der Waals surface area contributed by atoms with E-state index < -0.39 is 0 Å². The van der Waals surface area contributed by atoms with Gasteiger partial charge < -0.3 is 15.0 Å². The van der Waals surface area contributed by atoms with E-state index in [0.717, 1.165) is 62.0 Å². The Morgan fingerprint density at radius 3 is 2.67 bits per heavy atom. The molecule has 2 aromatic heterocycles. The molecule has 0 spiro atoms. The van der Waals surface area contributed by atoms with Crippen LogP contribution in [0.25, 0.3) is 11.3 Å². The summed E-state index contributed by atoms with van der Waals surface area (Å²) in [5, 5.41) is 10.9. The van der Waals surface area contributed by atoms with Crippen LogP contribution in [0.5, 0.6) is 0 Å². The Hall–Kier alpha value is -2.70. The van der Waals surface area contributed by atoms with Crippen LogP contribution in [-0.4, -0.2) is 41.5 Å². The number of H-pyrrole nitrogens is 1. The molecule has 1 aliphatic heterocycles. The van der Waals surface area contributed by atoms with E-state index >= 15 is 0 Å². The molecule has 6 heteroatoms. The van der Waals surface area contributed by atoms with Crippen molar-refractivity contribution in [3.05, 3.63) is 65.5 Å². The van der Waals surface area contributed by atoms with Crippen LogP contribution >= 0.6 is 0 Å². The van der Waals surface area contributed by atoms with Crippen molar-refractivity contribution in [1.29, 1.82) is 0 Å². The van der Waals surface area contributed by atoms with E-state index in [1.54, 1.807) is 0 Å². The summed E-state index contributed by atoms with van der Waals surface area (Å²) in [6.45, 7) is 6.92. The fourth-order valence-electron chi connectivity index (χ4n) is 3.38. The van der Waals surface area contributed by atoms with Gasteiger partial charge in [-0.1, -0.05) is 35.9 Å². The molecule has 2 N–H and O–H groups in total. The van der Waals surface area contributed by atoms with Gasteiger partial charge in [-0.2, -0.15) is 5.10 Å². The maximum atomic E-state index is 5.46. The van der Waals surface area contributed by atoms with Crippen molar-refractivity contribution in [2.24, 2.45) is 0 Å². The van der Waals surface area contributed by atoms with Crippen LogP contribution in [0.4, 0.5) is 5.82 Å². The van der Waals surface area contributed by atoms with Crippen molar-refractivity contribution < 1.29 is 4.74 Å². The third-order valence-corrected chi connectivity index (χ3v) is 4.87. The van der Waals surface area contributed by atoms with Gasteiger partial charge in [0, 0.05) is 43.5 Å². The molecule has 0 atom stereocenters. The molecular weight excluding hydrogens is 338 g/mol. The highest BCUT2D eigenvalue weighted by molar-refractivity contribution is 5.62. The second kappa shape index (κ2) is 8.33. The average molecular weight is 363 g/mol. The largest absolute Gasteiger partial charge is 0.378 e. The summed E-state index contributed by atoms with van der Waals surface area (Å²) >= 11 is 0. The molecule has 1 fully saturated rings. The Bertz CT molecular complexity index is 868. The summed E-state index contributed by atoms with van der Waals surface area (Å²) in [4.78, 5) is 6.90. The van der Waals surface area contributed by atoms with Crippen LogP contribution in [0.3, 0.4) is 0 Å². The van der Waals surface area contributed by atoms with Gasteiger partial charge >= 0.3 is 0 Å². The molecule has 27 heavy (non-hydrogen) atoms. The first-order valence-electron chi connectivity index (χ1n) is 9.38. The SMILES string of the molecule is Cc1ccc(-c2[nH]ncc2CNCc2cccnc2N2CCOCC2)cc1. The molecule has 1 aliphatic rings. The molecular formula is C21H25N5O. The van der Waals surface area contributed by atoms with Gasteiger partial charge in [-0.25, -0.2) is 4.98 Å². The molecule has 0 unspecified atom stereocenters. The van der Waals surface area contributed by atoms with Gasteiger partial charge in [-0.05, 0) is 18.6 Å². The molecule has 3 heterocycles. The van der Waals surface area contributed by atoms with Crippen molar-refractivity contribution in [2.45, 2.75) is 20.0 Å². The van der Waals surface area contributed by atoms with E-state index in [4.69, 9.17) is 4.74 Å². The van der Waals surface area contributed by atoms with E-state index in [9.17, 15) is 0 Å². The van der Waals surface area contributed by atoms with E-state index in [2.05, 4.69) is 62.7 Å². The van der Waals surface area contributed by atoms with Gasteiger partial charge in [0.15, 0.2) is 0 Å². The monoisotopic (exact) mass is 363 g/mol. The number of aryl methyl sites for hydroxylation is 1. The fraction of sp³-hybridized carbons (Fsp3) is 0.333. The fourth-order valence-corrected chi connectivity index (χ4v) is 3.38. The summed E-state index contributed by atoms with van der Waals surface area (Å²) < 4.78 is 5.46. The normalized spacial score (nSPS) is 14.5. The number of hydrogen-bond acceptors (Lipinski definition) is 5. The van der Waals surface area contributed by atoms with Crippen LogP contribution in [0.15, 0.2) is 48.8 Å². The van der Waals surface area contributed by atoms with Gasteiger partial charge in [0.25, 0.3) is 0 Å². The molecule has 0 amide bonds. The number of rotatable bonds is 6. The standard InChI is InChI=1S/C21H25N5O/c1-16-4-6-17(7-5-16)20-19(15-24-25-20)14-22-13-18-3-2-8-23-21(18)26-9-11-27-12-10-26/h2-8,15,22H,9-14H2,1H3,(H,24,25). The molecule has 0 bridgehead atoms. The Balaban J connectivity index is 1.43. The van der Waals surface area contributed by atoms with Gasteiger partial charge in [-0.15, -0.1) is 0 Å². The van der Waals surface area contributed by atoms with Crippen LogP contribution in [-0.2, 0) is 17.8 Å². The molecule has 1 saturated heterocycles. The van der Waals surface area contributed by atoms with Gasteiger partial charge in [0.1, 0.15) is 5.82 Å². The lowest BCUT2D eigenvalue weighted by molar-refractivity contribution is 0.122. The quantitative estimate of drug-likeness (QED) is 0.705. The molecule has 0 aliphatic carbocycles. The van der Waals surface area contributed by atoms with Crippen molar-refractivity contribution in [3.8, 4) is 11.3 Å². The molecule has 1 aromatic carbocycles. The summed E-state index contributed by atoms with van der Waals surface area (Å²) in [5.41, 5.74) is 5.85. The van der Waals surface area contributed by atoms with Crippen LogP contribution < -0.4 is 10.2 Å². The van der Waals surface area contributed by atoms with E-state index in [0.29, 0.717) is 0 Å². The van der Waals surface area contributed by atoms with Gasteiger partial charge in [-0.3, -0.25) is 5.10 Å². The predicted octanol–water partition coefficient (Wildman–Crippen LogP) is 2.91. The zero-order valence-electron chi connectivity index (χ0n) is 15.6.